The number of nitrogens with zero attached hydrogens (tertiary/aromatic N) is 3. The van der Waals surface area contributed by atoms with Gasteiger partial charge in [0.1, 0.15) is 0 Å². The van der Waals surface area contributed by atoms with Gasteiger partial charge >= 0.3 is 0 Å². The molecule has 0 aliphatic heterocycles. The lowest BCUT2D eigenvalue weighted by atomic mass is 9.95. The molecular weight excluding hydrogens is 236 g/mol. The molecule has 1 aliphatic rings. The van der Waals surface area contributed by atoms with E-state index in [1.807, 2.05) is 12.4 Å². The number of nitrogens with two attached hydrogens (primary N) is 1. The summed E-state index contributed by atoms with van der Waals surface area (Å²) in [5.41, 5.74) is 7.09. The van der Waals surface area contributed by atoms with E-state index in [1.165, 1.54) is 32.1 Å². The molecule has 1 atom stereocenters. The second kappa shape index (κ2) is 6.85. The zero-order valence-corrected chi connectivity index (χ0v) is 12.2. The minimum Gasteiger partial charge on any atom is -0.341 e. The summed E-state index contributed by atoms with van der Waals surface area (Å²) in [5, 5.41) is 0. The summed E-state index contributed by atoms with van der Waals surface area (Å²) in [5.74, 6) is 0.848. The van der Waals surface area contributed by atoms with E-state index >= 15 is 0 Å². The molecule has 0 radical (unpaired) electrons. The van der Waals surface area contributed by atoms with E-state index < -0.39 is 0 Å². The van der Waals surface area contributed by atoms with Gasteiger partial charge in [-0.25, -0.2) is 9.97 Å². The molecule has 4 nitrogen and oxygen atoms in total. The van der Waals surface area contributed by atoms with Gasteiger partial charge in [-0.2, -0.15) is 0 Å². The summed E-state index contributed by atoms with van der Waals surface area (Å²) in [6.07, 6.45) is 12.3. The summed E-state index contributed by atoms with van der Waals surface area (Å²) in [6, 6.07) is 0.822. The highest BCUT2D eigenvalue weighted by Gasteiger charge is 2.19. The molecule has 1 aliphatic carbocycles. The van der Waals surface area contributed by atoms with Crippen LogP contribution in [-0.4, -0.2) is 29.1 Å². The molecule has 1 unspecified atom stereocenters. The first-order valence-electron chi connectivity index (χ1n) is 7.50. The predicted molar refractivity (Wildman–Crippen MR) is 79.3 cm³/mol. The Morgan fingerprint density at radius 3 is 2.47 bits per heavy atom. The SMILES string of the molecule is CCC(N)Cc1cnc(N(C)C2CCCCC2)nc1. The fourth-order valence-electron chi connectivity index (χ4n) is 2.71. The van der Waals surface area contributed by atoms with Crippen LogP contribution in [0.5, 0.6) is 0 Å². The maximum atomic E-state index is 5.95. The van der Waals surface area contributed by atoms with Gasteiger partial charge in [-0.3, -0.25) is 0 Å². The van der Waals surface area contributed by atoms with Crippen LogP contribution in [0.15, 0.2) is 12.4 Å². The Bertz CT molecular complexity index is 370. The van der Waals surface area contributed by atoms with Crippen molar-refractivity contribution in [3.05, 3.63) is 18.0 Å². The summed E-state index contributed by atoms with van der Waals surface area (Å²) in [7, 11) is 2.11. The second-order valence-electron chi connectivity index (χ2n) is 5.67. The molecule has 1 aromatic heterocycles. The van der Waals surface area contributed by atoms with Crippen LogP contribution < -0.4 is 10.6 Å². The smallest absolute Gasteiger partial charge is 0.225 e. The van der Waals surface area contributed by atoms with Crippen LogP contribution in [0.2, 0.25) is 0 Å². The zero-order chi connectivity index (χ0) is 13.7. The van der Waals surface area contributed by atoms with Gasteiger partial charge < -0.3 is 10.6 Å². The van der Waals surface area contributed by atoms with Crippen LogP contribution in [0.3, 0.4) is 0 Å². The molecule has 2 rings (SSSR count). The lowest BCUT2D eigenvalue weighted by Gasteiger charge is -2.31. The summed E-state index contributed by atoms with van der Waals surface area (Å²) < 4.78 is 0. The lowest BCUT2D eigenvalue weighted by Crippen LogP contribution is -2.34. The summed E-state index contributed by atoms with van der Waals surface area (Å²) in [6.45, 7) is 2.11. The van der Waals surface area contributed by atoms with E-state index in [9.17, 15) is 0 Å². The van der Waals surface area contributed by atoms with Crippen LogP contribution in [-0.2, 0) is 6.42 Å². The maximum Gasteiger partial charge on any atom is 0.225 e. The topological polar surface area (TPSA) is 55.0 Å². The molecule has 19 heavy (non-hydrogen) atoms. The molecule has 0 saturated heterocycles. The normalized spacial score (nSPS) is 18.3. The monoisotopic (exact) mass is 262 g/mol. The number of hydrogen-bond acceptors (Lipinski definition) is 4. The van der Waals surface area contributed by atoms with Crippen molar-refractivity contribution < 1.29 is 0 Å². The Morgan fingerprint density at radius 2 is 1.89 bits per heavy atom. The highest BCUT2D eigenvalue weighted by atomic mass is 15.2. The third kappa shape index (κ3) is 3.90. The van der Waals surface area contributed by atoms with Crippen LogP contribution in [0.1, 0.15) is 51.0 Å². The third-order valence-electron chi connectivity index (χ3n) is 4.15. The van der Waals surface area contributed by atoms with Crippen molar-refractivity contribution in [2.45, 2.75) is 64.0 Å². The largest absolute Gasteiger partial charge is 0.341 e. The van der Waals surface area contributed by atoms with Crippen LogP contribution in [0.4, 0.5) is 5.95 Å². The average molecular weight is 262 g/mol. The van der Waals surface area contributed by atoms with Crippen molar-refractivity contribution in [3.8, 4) is 0 Å². The van der Waals surface area contributed by atoms with Gasteiger partial charge in [0.25, 0.3) is 0 Å². The molecule has 0 aromatic carbocycles. The van der Waals surface area contributed by atoms with Crippen LogP contribution in [0, 0.1) is 0 Å². The fraction of sp³-hybridized carbons (Fsp3) is 0.733. The predicted octanol–water partition coefficient (Wildman–Crippen LogP) is 2.53. The highest BCUT2D eigenvalue weighted by Crippen LogP contribution is 2.23. The van der Waals surface area contributed by atoms with Gasteiger partial charge in [0.2, 0.25) is 5.95 Å². The van der Waals surface area contributed by atoms with Gasteiger partial charge in [-0.05, 0) is 31.2 Å². The van der Waals surface area contributed by atoms with Crippen molar-refractivity contribution in [1.29, 1.82) is 0 Å². The molecule has 0 bridgehead atoms. The van der Waals surface area contributed by atoms with Gasteiger partial charge in [-0.1, -0.05) is 26.2 Å². The van der Waals surface area contributed by atoms with Crippen molar-refractivity contribution in [2.24, 2.45) is 5.73 Å². The van der Waals surface area contributed by atoms with Crippen molar-refractivity contribution in [3.63, 3.8) is 0 Å². The van der Waals surface area contributed by atoms with Crippen LogP contribution >= 0.6 is 0 Å². The molecule has 1 saturated carbocycles. The van der Waals surface area contributed by atoms with Gasteiger partial charge in [0.15, 0.2) is 0 Å². The van der Waals surface area contributed by atoms with Gasteiger partial charge in [0.05, 0.1) is 0 Å². The summed E-state index contributed by atoms with van der Waals surface area (Å²) >= 11 is 0. The molecule has 1 heterocycles. The number of anilines is 1. The third-order valence-corrected chi connectivity index (χ3v) is 4.15. The average Bonchev–Trinajstić information content (AvgIpc) is 2.48. The summed E-state index contributed by atoms with van der Waals surface area (Å²) in [4.78, 5) is 11.2. The first-order chi connectivity index (χ1) is 9.20. The van der Waals surface area contributed by atoms with Crippen LogP contribution in [0.25, 0.3) is 0 Å². The minimum atomic E-state index is 0.213. The molecule has 0 amide bonds. The van der Waals surface area contributed by atoms with E-state index in [-0.39, 0.29) is 6.04 Å². The Balaban J connectivity index is 1.96. The molecule has 4 heteroatoms. The van der Waals surface area contributed by atoms with E-state index in [1.54, 1.807) is 0 Å². The standard InChI is InChI=1S/C15H26N4/c1-3-13(16)9-12-10-17-15(18-11-12)19(2)14-7-5-4-6-8-14/h10-11,13-14H,3-9,16H2,1-2H3. The van der Waals surface area contributed by atoms with Gasteiger partial charge in [-0.15, -0.1) is 0 Å². The van der Waals surface area contributed by atoms with E-state index in [0.29, 0.717) is 6.04 Å². The molecular formula is C15H26N4. The second-order valence-corrected chi connectivity index (χ2v) is 5.67. The Labute approximate surface area is 116 Å². The number of aromatic nitrogens is 2. The van der Waals surface area contributed by atoms with Crippen molar-refractivity contribution in [1.82, 2.24) is 9.97 Å². The van der Waals surface area contributed by atoms with E-state index in [2.05, 4.69) is 28.8 Å². The Kier molecular flexibility index (Phi) is 5.14. The molecule has 2 N–H and O–H groups in total. The minimum absolute atomic E-state index is 0.213. The number of hydrogen-bond donors (Lipinski definition) is 1. The molecule has 1 fully saturated rings. The van der Waals surface area contributed by atoms with E-state index in [0.717, 1.165) is 24.4 Å². The van der Waals surface area contributed by atoms with Gasteiger partial charge in [0, 0.05) is 31.5 Å². The Hall–Kier alpha value is -1.16. The highest BCUT2D eigenvalue weighted by molar-refractivity contribution is 5.30. The van der Waals surface area contributed by atoms with E-state index in [4.69, 9.17) is 5.73 Å². The maximum absolute atomic E-state index is 5.95. The first kappa shape index (κ1) is 14.3. The zero-order valence-electron chi connectivity index (χ0n) is 12.2. The lowest BCUT2D eigenvalue weighted by molar-refractivity contribution is 0.424. The molecule has 0 spiro atoms. The first-order valence-corrected chi connectivity index (χ1v) is 7.50. The van der Waals surface area contributed by atoms with Crippen molar-refractivity contribution in [2.75, 3.05) is 11.9 Å². The number of rotatable bonds is 5. The Morgan fingerprint density at radius 1 is 1.26 bits per heavy atom. The molecule has 106 valence electrons. The fourth-order valence-corrected chi connectivity index (χ4v) is 2.71. The quantitative estimate of drug-likeness (QED) is 0.886. The van der Waals surface area contributed by atoms with Crippen molar-refractivity contribution >= 4 is 5.95 Å². The molecule has 1 aromatic rings.